The molecular formula is C19H18N2O6S. The van der Waals surface area contributed by atoms with Gasteiger partial charge < -0.3 is 19.3 Å². The molecule has 1 aromatic heterocycles. The highest BCUT2D eigenvalue weighted by Gasteiger charge is 2.81. The lowest BCUT2D eigenvalue weighted by molar-refractivity contribution is -0.427. The molecule has 2 aliphatic heterocycles. The molecule has 9 heteroatoms. The van der Waals surface area contributed by atoms with E-state index < -0.39 is 35.4 Å². The number of esters is 1. The average Bonchev–Trinajstić information content (AvgIpc) is 2.80. The molecule has 0 spiro atoms. The molecule has 1 N–H and O–H groups in total. The third-order valence-corrected chi connectivity index (χ3v) is 6.27. The zero-order valence-electron chi connectivity index (χ0n) is 14.9. The maximum absolute atomic E-state index is 12.6. The Labute approximate surface area is 165 Å². The molecule has 2 saturated heterocycles. The van der Waals surface area contributed by atoms with E-state index in [4.69, 9.17) is 14.2 Å². The van der Waals surface area contributed by atoms with Gasteiger partial charge in [-0.3, -0.25) is 4.57 Å². The monoisotopic (exact) mass is 402 g/mol. The number of nitrogens with zero attached hydrogens (tertiary/aromatic N) is 2. The largest absolute Gasteiger partial charge is 0.403 e. The van der Waals surface area contributed by atoms with Gasteiger partial charge in [-0.1, -0.05) is 18.2 Å². The zero-order chi connectivity index (χ0) is 19.7. The van der Waals surface area contributed by atoms with Crippen molar-refractivity contribution in [3.63, 3.8) is 0 Å². The van der Waals surface area contributed by atoms with Crippen molar-refractivity contribution >= 4 is 18.6 Å². The molecule has 2 aromatic rings. The number of aromatic nitrogens is 2. The summed E-state index contributed by atoms with van der Waals surface area (Å²) in [5.41, 5.74) is -0.360. The maximum atomic E-state index is 12.6. The highest BCUT2D eigenvalue weighted by Crippen LogP contribution is 2.68. The van der Waals surface area contributed by atoms with Gasteiger partial charge in [0.1, 0.15) is 6.10 Å². The van der Waals surface area contributed by atoms with Gasteiger partial charge in [0, 0.05) is 23.9 Å². The second-order valence-corrected chi connectivity index (χ2v) is 7.80. The number of thiol groups is 1. The minimum atomic E-state index is -1.18. The van der Waals surface area contributed by atoms with Crippen molar-refractivity contribution in [3.05, 3.63) is 58.1 Å². The molecule has 5 rings (SSSR count). The van der Waals surface area contributed by atoms with Gasteiger partial charge in [0.25, 0.3) is 0 Å². The number of carbonyl (C=O) groups excluding carboxylic acids is 1. The van der Waals surface area contributed by atoms with Crippen molar-refractivity contribution in [1.29, 1.82) is 0 Å². The van der Waals surface area contributed by atoms with Crippen LogP contribution in [0, 0.1) is 12.8 Å². The first kappa shape index (κ1) is 17.9. The molecule has 8 nitrogen and oxygen atoms in total. The van der Waals surface area contributed by atoms with Crippen LogP contribution in [0.3, 0.4) is 0 Å². The van der Waals surface area contributed by atoms with Gasteiger partial charge in [0.15, 0.2) is 12.0 Å². The lowest BCUT2D eigenvalue weighted by atomic mass is 9.60. The van der Waals surface area contributed by atoms with Crippen LogP contribution in [0.2, 0.25) is 0 Å². The van der Waals surface area contributed by atoms with E-state index in [2.05, 4.69) is 17.6 Å². The smallest absolute Gasteiger partial charge is 0.353 e. The quantitative estimate of drug-likeness (QED) is 0.583. The zero-order valence-corrected chi connectivity index (χ0v) is 15.8. The first-order valence-corrected chi connectivity index (χ1v) is 9.56. The van der Waals surface area contributed by atoms with Crippen molar-refractivity contribution in [1.82, 2.24) is 9.55 Å². The molecule has 1 saturated carbocycles. The molecule has 3 aliphatic rings. The van der Waals surface area contributed by atoms with E-state index in [-0.39, 0.29) is 11.8 Å². The van der Waals surface area contributed by atoms with Crippen LogP contribution in [-0.2, 0) is 9.47 Å². The van der Waals surface area contributed by atoms with Crippen LogP contribution in [-0.4, -0.2) is 43.9 Å². The number of rotatable bonds is 4. The molecular weight excluding hydrogens is 384 g/mol. The van der Waals surface area contributed by atoms with Gasteiger partial charge in [0.05, 0.1) is 17.1 Å². The van der Waals surface area contributed by atoms with Crippen LogP contribution >= 0.6 is 12.6 Å². The first-order valence-electron chi connectivity index (χ1n) is 8.93. The molecule has 1 aromatic carbocycles. The molecule has 5 atom stereocenters. The molecule has 3 unspecified atom stereocenters. The van der Waals surface area contributed by atoms with E-state index in [0.717, 1.165) is 0 Å². The molecule has 3 heterocycles. The first-order chi connectivity index (χ1) is 13.4. The number of carbonyl (C=O) groups is 1. The van der Waals surface area contributed by atoms with Crippen LogP contribution in [0.1, 0.15) is 28.6 Å². The molecule has 0 amide bonds. The average molecular weight is 402 g/mol. The summed E-state index contributed by atoms with van der Waals surface area (Å²) in [7, 11) is 0. The molecule has 0 bridgehead atoms. The summed E-state index contributed by atoms with van der Waals surface area (Å²) >= 11 is 4.35. The Morgan fingerprint density at radius 3 is 2.79 bits per heavy atom. The second kappa shape index (κ2) is 5.90. The number of aryl methyl sites for hydroxylation is 1. The van der Waals surface area contributed by atoms with Crippen LogP contribution in [0.25, 0.3) is 0 Å². The lowest BCUT2D eigenvalue weighted by Gasteiger charge is -2.62. The Bertz CT molecular complexity index is 1030. The van der Waals surface area contributed by atoms with Crippen molar-refractivity contribution in [2.75, 3.05) is 5.75 Å². The topological polar surface area (TPSA) is 99.9 Å². The number of benzene rings is 1. The van der Waals surface area contributed by atoms with E-state index in [0.29, 0.717) is 23.3 Å². The third kappa shape index (κ3) is 2.33. The third-order valence-electron chi connectivity index (χ3n) is 5.74. The van der Waals surface area contributed by atoms with Gasteiger partial charge in [0.2, 0.25) is 5.88 Å². The van der Waals surface area contributed by atoms with Crippen LogP contribution in [0.5, 0.6) is 5.88 Å². The number of hydrogen-bond acceptors (Lipinski definition) is 8. The van der Waals surface area contributed by atoms with Gasteiger partial charge in [-0.2, -0.15) is 17.6 Å². The van der Waals surface area contributed by atoms with Crippen LogP contribution in [0.4, 0.5) is 0 Å². The summed E-state index contributed by atoms with van der Waals surface area (Å²) in [5, 5.41) is 10.3. The fraction of sp³-hybridized carbons (Fsp3) is 0.421. The number of aliphatic hydroxyl groups is 1. The summed E-state index contributed by atoms with van der Waals surface area (Å²) in [6, 6.07) is 8.47. The molecule has 28 heavy (non-hydrogen) atoms. The Kier molecular flexibility index (Phi) is 3.76. The minimum absolute atomic E-state index is 0.0500. The fourth-order valence-electron chi connectivity index (χ4n) is 4.44. The van der Waals surface area contributed by atoms with Gasteiger partial charge in [-0.05, 0) is 19.1 Å². The van der Waals surface area contributed by atoms with E-state index in [1.54, 1.807) is 37.3 Å². The molecule has 3 fully saturated rings. The molecule has 146 valence electrons. The van der Waals surface area contributed by atoms with E-state index in [1.165, 1.54) is 10.8 Å². The summed E-state index contributed by atoms with van der Waals surface area (Å²) in [6.45, 7) is 1.69. The Morgan fingerprint density at radius 1 is 1.39 bits per heavy atom. The highest BCUT2D eigenvalue weighted by molar-refractivity contribution is 7.80. The van der Waals surface area contributed by atoms with Crippen molar-refractivity contribution in [2.24, 2.45) is 5.92 Å². The standard InChI is InChI=1S/C19H18N2O6S/c1-10-7-21(15-12-13-18(9-28,27-15)8-19(13,24)26-12)17(23)20-14(10)25-16(22)11-5-3-2-4-6-11/h2-7,12-13,15,24,28H,8-9H2,1H3/t12?,13?,15-,18-,19?/m1/s1. The van der Waals surface area contributed by atoms with Crippen molar-refractivity contribution < 1.29 is 24.1 Å². The number of ether oxygens (including phenoxy) is 3. The predicted molar refractivity (Wildman–Crippen MR) is 99.3 cm³/mol. The minimum Gasteiger partial charge on any atom is -0.403 e. The Balaban J connectivity index is 1.42. The van der Waals surface area contributed by atoms with Gasteiger partial charge in [-0.15, -0.1) is 0 Å². The van der Waals surface area contributed by atoms with Crippen molar-refractivity contribution in [3.8, 4) is 5.88 Å². The van der Waals surface area contributed by atoms with E-state index in [9.17, 15) is 14.7 Å². The lowest BCUT2D eigenvalue weighted by Crippen LogP contribution is -2.76. The summed E-state index contributed by atoms with van der Waals surface area (Å²) in [5.74, 6) is -1.62. The fourth-order valence-corrected chi connectivity index (χ4v) is 4.82. The van der Waals surface area contributed by atoms with Gasteiger partial charge >= 0.3 is 11.7 Å². The highest BCUT2D eigenvalue weighted by atomic mass is 32.1. The van der Waals surface area contributed by atoms with Crippen molar-refractivity contribution in [2.45, 2.75) is 37.1 Å². The predicted octanol–water partition coefficient (Wildman–Crippen LogP) is 1.08. The Morgan fingerprint density at radius 2 is 2.14 bits per heavy atom. The SMILES string of the molecule is Cc1cn([C@@H]2O[C@@]3(CS)CC4(O)OC2C43)c(=O)nc1OC(=O)c1ccccc1. The van der Waals surface area contributed by atoms with E-state index >= 15 is 0 Å². The summed E-state index contributed by atoms with van der Waals surface area (Å²) in [6.07, 6.45) is 0.709. The Hall–Kier alpha value is -2.20. The van der Waals surface area contributed by atoms with Crippen LogP contribution < -0.4 is 10.4 Å². The van der Waals surface area contributed by atoms with Crippen LogP contribution in [0.15, 0.2) is 41.3 Å². The van der Waals surface area contributed by atoms with Gasteiger partial charge in [-0.25, -0.2) is 9.59 Å². The molecule has 0 radical (unpaired) electrons. The maximum Gasteiger partial charge on any atom is 0.353 e. The normalized spacial score (nSPS) is 34.9. The summed E-state index contributed by atoms with van der Waals surface area (Å²) < 4.78 is 18.3. The summed E-state index contributed by atoms with van der Waals surface area (Å²) in [4.78, 5) is 28.8. The number of hydrogen-bond donors (Lipinski definition) is 2. The second-order valence-electron chi connectivity index (χ2n) is 7.49. The molecule has 1 aliphatic carbocycles. The van der Waals surface area contributed by atoms with E-state index in [1.807, 2.05) is 0 Å².